The van der Waals surface area contributed by atoms with Gasteiger partial charge < -0.3 is 10.1 Å². The Hall–Kier alpha value is -0.120. The van der Waals surface area contributed by atoms with Crippen molar-refractivity contribution in [2.24, 2.45) is 10.8 Å². The van der Waals surface area contributed by atoms with Crippen LogP contribution in [0.5, 0.6) is 0 Å². The fourth-order valence-electron chi connectivity index (χ4n) is 4.31. The van der Waals surface area contributed by atoms with E-state index in [-0.39, 0.29) is 0 Å². The van der Waals surface area contributed by atoms with Crippen LogP contribution in [0, 0.1) is 10.8 Å². The lowest BCUT2D eigenvalue weighted by Gasteiger charge is -2.40. The van der Waals surface area contributed by atoms with E-state index in [4.69, 9.17) is 4.74 Å². The topological polar surface area (TPSA) is 24.5 Å². The molecule has 3 heterocycles. The molecule has 3 aliphatic rings. The number of rotatable bonds is 2. The maximum atomic E-state index is 5.56. The van der Waals surface area contributed by atoms with E-state index in [9.17, 15) is 0 Å². The van der Waals surface area contributed by atoms with Crippen molar-refractivity contribution in [2.45, 2.75) is 45.6 Å². The molecule has 0 radical (unpaired) electrons. The third-order valence-electron chi connectivity index (χ3n) is 5.86. The monoisotopic (exact) mass is 252 g/mol. The van der Waals surface area contributed by atoms with E-state index in [1.54, 1.807) is 0 Å². The van der Waals surface area contributed by atoms with Crippen LogP contribution in [-0.4, -0.2) is 50.3 Å². The molecule has 0 aromatic carbocycles. The molecule has 3 aliphatic heterocycles. The maximum Gasteiger partial charge on any atom is 0.0471 e. The van der Waals surface area contributed by atoms with Gasteiger partial charge in [0.25, 0.3) is 0 Å². The summed E-state index contributed by atoms with van der Waals surface area (Å²) in [5.74, 6) is 0. The smallest absolute Gasteiger partial charge is 0.0471 e. The van der Waals surface area contributed by atoms with E-state index in [1.807, 2.05) is 0 Å². The lowest BCUT2D eigenvalue weighted by Crippen LogP contribution is -2.45. The largest absolute Gasteiger partial charge is 0.381 e. The molecular weight excluding hydrogens is 224 g/mol. The second-order valence-electron chi connectivity index (χ2n) is 7.11. The van der Waals surface area contributed by atoms with Gasteiger partial charge in [-0.05, 0) is 56.5 Å². The average Bonchev–Trinajstić information content (AvgIpc) is 2.92. The highest BCUT2D eigenvalue weighted by atomic mass is 16.5. The lowest BCUT2D eigenvalue weighted by molar-refractivity contribution is -0.00418. The van der Waals surface area contributed by atoms with Crippen molar-refractivity contribution in [3.05, 3.63) is 0 Å². The molecule has 0 aromatic heterocycles. The third kappa shape index (κ3) is 2.21. The third-order valence-corrected chi connectivity index (χ3v) is 5.86. The molecule has 3 fully saturated rings. The highest BCUT2D eigenvalue weighted by Gasteiger charge is 2.47. The summed E-state index contributed by atoms with van der Waals surface area (Å²) in [5, 5.41) is 3.53. The quantitative estimate of drug-likeness (QED) is 0.812. The molecular formula is C15H28N2O. The van der Waals surface area contributed by atoms with Crippen LogP contribution >= 0.6 is 0 Å². The Kier molecular flexibility index (Phi) is 3.41. The summed E-state index contributed by atoms with van der Waals surface area (Å²) in [6.07, 6.45) is 5.28. The molecule has 1 spiro atoms. The van der Waals surface area contributed by atoms with Crippen molar-refractivity contribution in [2.75, 3.05) is 39.4 Å². The Morgan fingerprint density at radius 1 is 1.22 bits per heavy atom. The van der Waals surface area contributed by atoms with Gasteiger partial charge in [-0.2, -0.15) is 0 Å². The van der Waals surface area contributed by atoms with Crippen molar-refractivity contribution in [3.63, 3.8) is 0 Å². The molecule has 0 aliphatic carbocycles. The molecule has 3 saturated heterocycles. The summed E-state index contributed by atoms with van der Waals surface area (Å²) in [7, 11) is 0. The van der Waals surface area contributed by atoms with E-state index >= 15 is 0 Å². The summed E-state index contributed by atoms with van der Waals surface area (Å²) in [4.78, 5) is 2.76. The Morgan fingerprint density at radius 2 is 2.00 bits per heavy atom. The zero-order chi connectivity index (χ0) is 12.6. The van der Waals surface area contributed by atoms with Gasteiger partial charge in [-0.15, -0.1) is 0 Å². The van der Waals surface area contributed by atoms with Gasteiger partial charge in [0.15, 0.2) is 0 Å². The average molecular weight is 252 g/mol. The molecule has 2 atom stereocenters. The molecule has 18 heavy (non-hydrogen) atoms. The first kappa shape index (κ1) is 12.9. The first-order valence-electron chi connectivity index (χ1n) is 7.66. The first-order chi connectivity index (χ1) is 8.64. The highest BCUT2D eigenvalue weighted by molar-refractivity contribution is 5.00. The van der Waals surface area contributed by atoms with Gasteiger partial charge in [-0.25, -0.2) is 0 Å². The van der Waals surface area contributed by atoms with Crippen LogP contribution in [0.3, 0.4) is 0 Å². The summed E-state index contributed by atoms with van der Waals surface area (Å²) in [6, 6.07) is 0.749. The standard InChI is InChI=1S/C15H28N2O/c1-13-15(5-9-18-10-6-15)4-8-17(13)12-14(2)3-7-16-11-14/h13,16H,3-12H2,1-2H3. The van der Waals surface area contributed by atoms with E-state index in [2.05, 4.69) is 24.1 Å². The summed E-state index contributed by atoms with van der Waals surface area (Å²) >= 11 is 0. The minimum absolute atomic E-state index is 0.505. The Labute approximate surface area is 111 Å². The Bertz CT molecular complexity index is 293. The van der Waals surface area contributed by atoms with E-state index in [0.717, 1.165) is 19.3 Å². The van der Waals surface area contributed by atoms with E-state index in [0.29, 0.717) is 10.8 Å². The Balaban J connectivity index is 1.64. The molecule has 2 unspecified atom stereocenters. The van der Waals surface area contributed by atoms with E-state index in [1.165, 1.54) is 51.9 Å². The molecule has 104 valence electrons. The van der Waals surface area contributed by atoms with Gasteiger partial charge in [0.1, 0.15) is 0 Å². The fraction of sp³-hybridized carbons (Fsp3) is 1.00. The van der Waals surface area contributed by atoms with Crippen LogP contribution < -0.4 is 5.32 Å². The zero-order valence-electron chi connectivity index (χ0n) is 12.0. The molecule has 0 aromatic rings. The van der Waals surface area contributed by atoms with Gasteiger partial charge in [0.05, 0.1) is 0 Å². The minimum Gasteiger partial charge on any atom is -0.381 e. The van der Waals surface area contributed by atoms with Crippen molar-refractivity contribution in [1.29, 1.82) is 0 Å². The predicted molar refractivity (Wildman–Crippen MR) is 73.7 cm³/mol. The molecule has 3 nitrogen and oxygen atoms in total. The number of ether oxygens (including phenoxy) is 1. The van der Waals surface area contributed by atoms with Gasteiger partial charge in [-0.3, -0.25) is 4.90 Å². The number of likely N-dealkylation sites (tertiary alicyclic amines) is 1. The molecule has 3 rings (SSSR count). The second-order valence-corrected chi connectivity index (χ2v) is 7.11. The minimum atomic E-state index is 0.505. The molecule has 0 saturated carbocycles. The normalized spacial score (nSPS) is 40.7. The zero-order valence-corrected chi connectivity index (χ0v) is 12.0. The molecule has 0 amide bonds. The highest BCUT2D eigenvalue weighted by Crippen LogP contribution is 2.45. The number of hydrogen-bond donors (Lipinski definition) is 1. The van der Waals surface area contributed by atoms with Crippen molar-refractivity contribution in [3.8, 4) is 0 Å². The van der Waals surface area contributed by atoms with Gasteiger partial charge in [-0.1, -0.05) is 6.92 Å². The number of nitrogens with zero attached hydrogens (tertiary/aromatic N) is 1. The first-order valence-corrected chi connectivity index (χ1v) is 7.66. The molecule has 0 bridgehead atoms. The maximum absolute atomic E-state index is 5.56. The van der Waals surface area contributed by atoms with E-state index < -0.39 is 0 Å². The number of hydrogen-bond acceptors (Lipinski definition) is 3. The van der Waals surface area contributed by atoms with Crippen molar-refractivity contribution < 1.29 is 4.74 Å². The van der Waals surface area contributed by atoms with Gasteiger partial charge in [0, 0.05) is 32.3 Å². The Morgan fingerprint density at radius 3 is 2.67 bits per heavy atom. The van der Waals surface area contributed by atoms with Crippen LogP contribution in [0.2, 0.25) is 0 Å². The predicted octanol–water partition coefficient (Wildman–Crippen LogP) is 1.88. The summed E-state index contributed by atoms with van der Waals surface area (Å²) in [5.41, 5.74) is 1.07. The van der Waals surface area contributed by atoms with Crippen molar-refractivity contribution in [1.82, 2.24) is 10.2 Å². The molecule has 1 N–H and O–H groups in total. The van der Waals surface area contributed by atoms with Gasteiger partial charge >= 0.3 is 0 Å². The molecule has 3 heteroatoms. The van der Waals surface area contributed by atoms with Crippen LogP contribution in [-0.2, 0) is 4.74 Å². The van der Waals surface area contributed by atoms with Crippen LogP contribution in [0.15, 0.2) is 0 Å². The summed E-state index contributed by atoms with van der Waals surface area (Å²) in [6.45, 7) is 11.9. The van der Waals surface area contributed by atoms with Crippen LogP contribution in [0.25, 0.3) is 0 Å². The van der Waals surface area contributed by atoms with Crippen LogP contribution in [0.1, 0.15) is 39.5 Å². The fourth-order valence-corrected chi connectivity index (χ4v) is 4.31. The van der Waals surface area contributed by atoms with Crippen molar-refractivity contribution >= 4 is 0 Å². The van der Waals surface area contributed by atoms with Gasteiger partial charge in [0.2, 0.25) is 0 Å². The summed E-state index contributed by atoms with van der Waals surface area (Å²) < 4.78 is 5.56. The second kappa shape index (κ2) is 4.77. The SMILES string of the molecule is CC1N(CC2(C)CCNC2)CCC12CCOCC2. The lowest BCUT2D eigenvalue weighted by atomic mass is 9.74. The van der Waals surface area contributed by atoms with Crippen LogP contribution in [0.4, 0.5) is 0 Å². The number of nitrogens with one attached hydrogen (secondary N) is 1.